The number of rotatable bonds is 7. The van der Waals surface area contributed by atoms with Gasteiger partial charge in [-0.2, -0.15) is 0 Å². The highest BCUT2D eigenvalue weighted by atomic mass is 32.2. The van der Waals surface area contributed by atoms with Crippen molar-refractivity contribution in [2.45, 2.75) is 32.0 Å². The largest absolute Gasteiger partial charge is 0.461 e. The lowest BCUT2D eigenvalue weighted by Crippen LogP contribution is -2.42. The molecule has 2 aromatic heterocycles. The molecule has 0 aliphatic heterocycles. The molecule has 0 radical (unpaired) electrons. The van der Waals surface area contributed by atoms with Gasteiger partial charge in [0.25, 0.3) is 5.91 Å². The third-order valence-electron chi connectivity index (χ3n) is 3.87. The number of aromatic nitrogens is 3. The predicted molar refractivity (Wildman–Crippen MR) is 106 cm³/mol. The van der Waals surface area contributed by atoms with Crippen molar-refractivity contribution in [1.82, 2.24) is 25.6 Å². The lowest BCUT2D eigenvalue weighted by Gasteiger charge is -2.09. The van der Waals surface area contributed by atoms with Crippen molar-refractivity contribution in [1.29, 1.82) is 0 Å². The van der Waals surface area contributed by atoms with Gasteiger partial charge in [0.2, 0.25) is 5.91 Å². The Balaban J connectivity index is 1.55. The van der Waals surface area contributed by atoms with Gasteiger partial charge in [0.1, 0.15) is 0 Å². The van der Waals surface area contributed by atoms with Crippen LogP contribution < -0.4 is 10.9 Å². The van der Waals surface area contributed by atoms with Crippen LogP contribution in [0.2, 0.25) is 0 Å². The molecule has 8 nitrogen and oxygen atoms in total. The Kier molecular flexibility index (Phi) is 6.49. The summed E-state index contributed by atoms with van der Waals surface area (Å²) in [7, 11) is 0. The lowest BCUT2D eigenvalue weighted by molar-refractivity contribution is -0.119. The van der Waals surface area contributed by atoms with Gasteiger partial charge in [-0.1, -0.05) is 36.4 Å². The van der Waals surface area contributed by atoms with E-state index in [1.165, 1.54) is 11.8 Å². The molecule has 0 saturated carbocycles. The van der Waals surface area contributed by atoms with E-state index < -0.39 is 0 Å². The summed E-state index contributed by atoms with van der Waals surface area (Å²) in [5.41, 5.74) is 6.36. The summed E-state index contributed by atoms with van der Waals surface area (Å²) >= 11 is 1.25. The molecule has 0 aliphatic carbocycles. The highest BCUT2D eigenvalue weighted by Gasteiger charge is 2.17. The maximum atomic E-state index is 12.1. The number of benzene rings is 1. The van der Waals surface area contributed by atoms with Crippen molar-refractivity contribution in [2.75, 3.05) is 5.75 Å². The van der Waals surface area contributed by atoms with E-state index in [2.05, 4.69) is 21.0 Å². The molecule has 3 aromatic rings. The van der Waals surface area contributed by atoms with Crippen LogP contribution in [-0.2, 0) is 11.3 Å². The first-order valence-electron chi connectivity index (χ1n) is 8.84. The Morgan fingerprint density at radius 2 is 1.93 bits per heavy atom. The molecule has 0 aliphatic rings. The number of hydrazine groups is 1. The first kappa shape index (κ1) is 19.7. The van der Waals surface area contributed by atoms with E-state index in [-0.39, 0.29) is 17.6 Å². The van der Waals surface area contributed by atoms with E-state index in [9.17, 15) is 9.59 Å². The Labute approximate surface area is 166 Å². The minimum absolute atomic E-state index is 0.0914. The van der Waals surface area contributed by atoms with E-state index in [0.29, 0.717) is 28.8 Å². The minimum Gasteiger partial charge on any atom is -0.461 e. The number of hydrogen-bond donors (Lipinski definition) is 2. The van der Waals surface area contributed by atoms with Crippen molar-refractivity contribution < 1.29 is 14.0 Å². The SMILES string of the molecule is CCCn1c(SCC(=O)NNC(=O)c2ccc(C)cc2)nnc1-c1ccco1. The highest BCUT2D eigenvalue weighted by Crippen LogP contribution is 2.24. The molecule has 1 aromatic carbocycles. The molecule has 2 N–H and O–H groups in total. The van der Waals surface area contributed by atoms with Crippen LogP contribution in [0.25, 0.3) is 11.6 Å². The molecule has 146 valence electrons. The third-order valence-corrected chi connectivity index (χ3v) is 4.83. The number of amides is 2. The summed E-state index contributed by atoms with van der Waals surface area (Å²) in [6.45, 7) is 4.69. The third kappa shape index (κ3) is 4.80. The molecular weight excluding hydrogens is 378 g/mol. The Hall–Kier alpha value is -3.07. The zero-order chi connectivity index (χ0) is 19.9. The summed E-state index contributed by atoms with van der Waals surface area (Å²) in [6.07, 6.45) is 2.47. The fraction of sp³-hybridized carbons (Fsp3) is 0.263. The summed E-state index contributed by atoms with van der Waals surface area (Å²) in [5.74, 6) is 0.641. The van der Waals surface area contributed by atoms with Gasteiger partial charge in [-0.3, -0.25) is 25.0 Å². The molecule has 0 saturated heterocycles. The van der Waals surface area contributed by atoms with Crippen molar-refractivity contribution in [3.05, 3.63) is 53.8 Å². The molecule has 2 amide bonds. The van der Waals surface area contributed by atoms with Gasteiger partial charge in [0.15, 0.2) is 16.7 Å². The number of carbonyl (C=O) groups excluding carboxylic acids is 2. The zero-order valence-electron chi connectivity index (χ0n) is 15.6. The Bertz CT molecular complexity index is 935. The van der Waals surface area contributed by atoms with Gasteiger partial charge in [0, 0.05) is 12.1 Å². The van der Waals surface area contributed by atoms with Crippen LogP contribution in [0.15, 0.2) is 52.2 Å². The highest BCUT2D eigenvalue weighted by molar-refractivity contribution is 7.99. The van der Waals surface area contributed by atoms with Crippen LogP contribution in [-0.4, -0.2) is 32.3 Å². The number of nitrogens with zero attached hydrogens (tertiary/aromatic N) is 3. The summed E-state index contributed by atoms with van der Waals surface area (Å²) in [6, 6.07) is 10.7. The van der Waals surface area contributed by atoms with Crippen LogP contribution in [0.3, 0.4) is 0 Å². The first-order valence-corrected chi connectivity index (χ1v) is 9.82. The smallest absolute Gasteiger partial charge is 0.269 e. The summed E-state index contributed by atoms with van der Waals surface area (Å²) in [4.78, 5) is 24.1. The predicted octanol–water partition coefficient (Wildman–Crippen LogP) is 2.81. The van der Waals surface area contributed by atoms with Crippen molar-refractivity contribution in [3.63, 3.8) is 0 Å². The number of furan rings is 1. The molecule has 0 fully saturated rings. The normalized spacial score (nSPS) is 10.6. The second kappa shape index (κ2) is 9.23. The number of thioether (sulfide) groups is 1. The standard InChI is InChI=1S/C19H21N5O3S/c1-3-10-24-17(15-5-4-11-27-15)21-23-19(24)28-12-16(25)20-22-18(26)14-8-6-13(2)7-9-14/h4-9,11H,3,10,12H2,1-2H3,(H,20,25)(H,22,26). The number of aryl methyl sites for hydroxylation is 1. The van der Waals surface area contributed by atoms with Gasteiger partial charge < -0.3 is 4.42 Å². The second-order valence-electron chi connectivity index (χ2n) is 6.09. The molecule has 0 spiro atoms. The maximum absolute atomic E-state index is 12.1. The van der Waals surface area contributed by atoms with Crippen LogP contribution in [0, 0.1) is 6.92 Å². The lowest BCUT2D eigenvalue weighted by atomic mass is 10.1. The number of nitrogens with one attached hydrogen (secondary N) is 2. The second-order valence-corrected chi connectivity index (χ2v) is 7.03. The fourth-order valence-electron chi connectivity index (χ4n) is 2.48. The Morgan fingerprint density at radius 3 is 2.61 bits per heavy atom. The van der Waals surface area contributed by atoms with Crippen LogP contribution in [0.4, 0.5) is 0 Å². The Morgan fingerprint density at radius 1 is 1.14 bits per heavy atom. The van der Waals surface area contributed by atoms with Crippen LogP contribution >= 0.6 is 11.8 Å². The van der Waals surface area contributed by atoms with Crippen molar-refractivity contribution in [3.8, 4) is 11.6 Å². The molecule has 2 heterocycles. The van der Waals surface area contributed by atoms with Gasteiger partial charge in [-0.15, -0.1) is 10.2 Å². The topological polar surface area (TPSA) is 102 Å². The average Bonchev–Trinajstić information content (AvgIpc) is 3.35. The monoisotopic (exact) mass is 399 g/mol. The van der Waals surface area contributed by atoms with Crippen LogP contribution in [0.5, 0.6) is 0 Å². The van der Waals surface area contributed by atoms with E-state index in [4.69, 9.17) is 4.42 Å². The van der Waals surface area contributed by atoms with Gasteiger partial charge in [-0.05, 0) is 37.6 Å². The molecule has 0 unspecified atom stereocenters. The van der Waals surface area contributed by atoms with Crippen molar-refractivity contribution >= 4 is 23.6 Å². The quantitative estimate of drug-likeness (QED) is 0.468. The van der Waals surface area contributed by atoms with E-state index in [0.717, 1.165) is 12.0 Å². The molecule has 0 bridgehead atoms. The van der Waals surface area contributed by atoms with E-state index >= 15 is 0 Å². The molecule has 28 heavy (non-hydrogen) atoms. The fourth-order valence-corrected chi connectivity index (χ4v) is 3.24. The molecule has 9 heteroatoms. The molecular formula is C19H21N5O3S. The number of hydrogen-bond acceptors (Lipinski definition) is 6. The van der Waals surface area contributed by atoms with Crippen molar-refractivity contribution in [2.24, 2.45) is 0 Å². The van der Waals surface area contributed by atoms with Gasteiger partial charge in [0.05, 0.1) is 12.0 Å². The summed E-state index contributed by atoms with van der Waals surface area (Å²) in [5, 5.41) is 8.95. The first-order chi connectivity index (χ1) is 13.6. The summed E-state index contributed by atoms with van der Waals surface area (Å²) < 4.78 is 7.32. The van der Waals surface area contributed by atoms with E-state index in [1.54, 1.807) is 24.5 Å². The molecule has 3 rings (SSSR count). The maximum Gasteiger partial charge on any atom is 0.269 e. The average molecular weight is 399 g/mol. The minimum atomic E-state index is -0.368. The zero-order valence-corrected chi connectivity index (χ0v) is 16.5. The van der Waals surface area contributed by atoms with Gasteiger partial charge >= 0.3 is 0 Å². The van der Waals surface area contributed by atoms with E-state index in [1.807, 2.05) is 36.6 Å². The number of carbonyl (C=O) groups is 2. The van der Waals surface area contributed by atoms with Crippen LogP contribution in [0.1, 0.15) is 29.3 Å². The van der Waals surface area contributed by atoms with Gasteiger partial charge in [-0.25, -0.2) is 0 Å². The molecule has 0 atom stereocenters.